The average molecular weight is 385 g/mol. The van der Waals surface area contributed by atoms with Crippen molar-refractivity contribution in [3.8, 4) is 0 Å². The van der Waals surface area contributed by atoms with Crippen molar-refractivity contribution in [3.05, 3.63) is 0 Å². The normalized spacial score (nSPS) is 47.1. The first-order chi connectivity index (χ1) is 12.8. The molecule has 0 aromatic heterocycles. The van der Waals surface area contributed by atoms with Crippen molar-refractivity contribution in [2.75, 3.05) is 51.6 Å². The molecule has 7 heteroatoms. The first kappa shape index (κ1) is 18.2. The van der Waals surface area contributed by atoms with E-state index in [9.17, 15) is 0 Å². The Kier molecular flexibility index (Phi) is 5.01. The van der Waals surface area contributed by atoms with Gasteiger partial charge in [-0.15, -0.1) is 15.7 Å². The largest absolute Gasteiger partial charge is 0.314 e. The summed E-state index contributed by atoms with van der Waals surface area (Å²) in [4.78, 5) is 5.55. The molecule has 0 aromatic rings. The van der Waals surface area contributed by atoms with Crippen LogP contribution in [-0.4, -0.2) is 83.6 Å². The Balaban J connectivity index is 1.48. The molecule has 4 unspecified atom stereocenters. The summed E-state index contributed by atoms with van der Waals surface area (Å²) in [7, 11) is -1.18. The van der Waals surface area contributed by atoms with E-state index in [0.717, 1.165) is 25.4 Å². The van der Waals surface area contributed by atoms with Gasteiger partial charge in [-0.3, -0.25) is 14.0 Å². The molecule has 6 nitrogen and oxygen atoms in total. The van der Waals surface area contributed by atoms with Gasteiger partial charge in [0, 0.05) is 64.0 Å². The van der Waals surface area contributed by atoms with Crippen molar-refractivity contribution in [1.82, 2.24) is 20.2 Å². The SMILES string of the molecule is CCCC1(N2CCC2)C(N2CCNCC2)CCCCN1OS12CCC1O2. The Morgan fingerprint density at radius 3 is 2.50 bits per heavy atom. The summed E-state index contributed by atoms with van der Waals surface area (Å²) in [5, 5.41) is 6.02. The molecule has 5 fully saturated rings. The average Bonchev–Trinajstić information content (AvgIpc) is 3.18. The Hall–Kier alpha value is 0.110. The van der Waals surface area contributed by atoms with Crippen molar-refractivity contribution >= 4 is 10.6 Å². The monoisotopic (exact) mass is 384 g/mol. The lowest BCUT2D eigenvalue weighted by Gasteiger charge is -2.59. The molecule has 4 atom stereocenters. The van der Waals surface area contributed by atoms with E-state index in [4.69, 9.17) is 8.47 Å². The van der Waals surface area contributed by atoms with Gasteiger partial charge in [0.25, 0.3) is 0 Å². The number of hydroxylamine groups is 2. The van der Waals surface area contributed by atoms with Gasteiger partial charge in [-0.1, -0.05) is 19.8 Å². The minimum atomic E-state index is -1.18. The number of fused-ring (bicyclic) bond motifs is 1. The molecule has 0 bridgehead atoms. The molecule has 5 aliphatic heterocycles. The molecule has 0 aromatic carbocycles. The fourth-order valence-corrected chi connectivity index (χ4v) is 7.86. The second-order valence-corrected chi connectivity index (χ2v) is 11.2. The van der Waals surface area contributed by atoms with Gasteiger partial charge in [0.15, 0.2) is 5.44 Å². The van der Waals surface area contributed by atoms with Gasteiger partial charge in [0.2, 0.25) is 0 Å². The molecule has 0 radical (unpaired) electrons. The van der Waals surface area contributed by atoms with Crippen LogP contribution in [-0.2, 0) is 8.47 Å². The topological polar surface area (TPSA) is 43.5 Å². The number of likely N-dealkylation sites (tertiary alicyclic amines) is 1. The van der Waals surface area contributed by atoms with E-state index in [1.54, 1.807) is 0 Å². The van der Waals surface area contributed by atoms with Crippen LogP contribution in [0.3, 0.4) is 0 Å². The summed E-state index contributed by atoms with van der Waals surface area (Å²) in [5.41, 5.74) is 0.508. The zero-order chi connectivity index (χ0) is 17.6. The first-order valence-electron chi connectivity index (χ1n) is 10.9. The van der Waals surface area contributed by atoms with E-state index in [1.165, 1.54) is 71.1 Å². The summed E-state index contributed by atoms with van der Waals surface area (Å²) in [6.45, 7) is 10.5. The van der Waals surface area contributed by atoms with Crippen LogP contribution >= 0.6 is 10.6 Å². The molecule has 26 heavy (non-hydrogen) atoms. The first-order valence-corrected chi connectivity index (χ1v) is 12.7. The van der Waals surface area contributed by atoms with Crippen LogP contribution in [0.4, 0.5) is 0 Å². The number of piperazine rings is 1. The Labute approximate surface area is 160 Å². The van der Waals surface area contributed by atoms with E-state index in [-0.39, 0.29) is 5.66 Å². The summed E-state index contributed by atoms with van der Waals surface area (Å²) in [5.74, 6) is 1.16. The molecule has 0 spiro atoms. The van der Waals surface area contributed by atoms with E-state index < -0.39 is 10.6 Å². The highest BCUT2D eigenvalue weighted by molar-refractivity contribution is 8.32. The van der Waals surface area contributed by atoms with Gasteiger partial charge in [-0.25, -0.2) is 0 Å². The number of nitrogens with one attached hydrogen (secondary N) is 1. The number of hydrogen-bond acceptors (Lipinski definition) is 6. The molecule has 5 saturated heterocycles. The van der Waals surface area contributed by atoms with Gasteiger partial charge in [-0.2, -0.15) is 4.28 Å². The molecule has 5 heterocycles. The van der Waals surface area contributed by atoms with Crippen molar-refractivity contribution in [2.45, 2.75) is 69.0 Å². The zero-order valence-electron chi connectivity index (χ0n) is 16.3. The van der Waals surface area contributed by atoms with Gasteiger partial charge in [-0.05, 0) is 25.7 Å². The third kappa shape index (κ3) is 2.86. The maximum Gasteiger partial charge on any atom is 0.174 e. The van der Waals surface area contributed by atoms with Crippen molar-refractivity contribution in [1.29, 1.82) is 0 Å². The zero-order valence-corrected chi connectivity index (χ0v) is 17.1. The maximum atomic E-state index is 6.83. The Morgan fingerprint density at radius 2 is 1.92 bits per heavy atom. The van der Waals surface area contributed by atoms with Gasteiger partial charge < -0.3 is 5.32 Å². The lowest BCUT2D eigenvalue weighted by atomic mass is 9.86. The Morgan fingerprint density at radius 1 is 1.08 bits per heavy atom. The highest BCUT2D eigenvalue weighted by atomic mass is 32.3. The summed E-state index contributed by atoms with van der Waals surface area (Å²) in [6.07, 6.45) is 8.86. The standard InChI is InChI=1S/C19H36N4O2S/c1-2-8-19(22-11-5-12-22)17(21-14-9-20-10-15-21)6-3-4-13-23(19)25-26-16-7-18(26)24-26/h17-18,20H,2-16H2,1H3. The van der Waals surface area contributed by atoms with Crippen LogP contribution < -0.4 is 5.32 Å². The predicted octanol–water partition coefficient (Wildman–Crippen LogP) is 2.27. The molecule has 5 rings (SSSR count). The Bertz CT molecular complexity index is 512. The maximum absolute atomic E-state index is 6.83. The minimum Gasteiger partial charge on any atom is -0.314 e. The van der Waals surface area contributed by atoms with E-state index in [2.05, 4.69) is 27.1 Å². The van der Waals surface area contributed by atoms with E-state index in [1.807, 2.05) is 0 Å². The molecule has 0 aliphatic carbocycles. The minimum absolute atomic E-state index is 0.0503. The highest BCUT2D eigenvalue weighted by Gasteiger charge is 2.63. The fraction of sp³-hybridized carbons (Fsp3) is 1.00. The predicted molar refractivity (Wildman–Crippen MR) is 106 cm³/mol. The van der Waals surface area contributed by atoms with E-state index >= 15 is 0 Å². The second-order valence-electron chi connectivity index (χ2n) is 8.62. The van der Waals surface area contributed by atoms with Gasteiger partial charge in [0.05, 0.1) is 0 Å². The number of rotatable bonds is 6. The quantitative estimate of drug-likeness (QED) is 0.709. The third-order valence-electron chi connectivity index (χ3n) is 7.16. The van der Waals surface area contributed by atoms with Crippen LogP contribution in [0.5, 0.6) is 0 Å². The molecule has 1 N–H and O–H groups in total. The van der Waals surface area contributed by atoms with Gasteiger partial charge in [0.1, 0.15) is 5.66 Å². The van der Waals surface area contributed by atoms with Crippen LogP contribution in [0.25, 0.3) is 0 Å². The molecule has 5 aliphatic rings. The van der Waals surface area contributed by atoms with Crippen LogP contribution in [0, 0.1) is 0 Å². The number of nitrogens with zero attached hydrogens (tertiary/aromatic N) is 3. The molecular formula is C19H36N4O2S. The van der Waals surface area contributed by atoms with Gasteiger partial charge >= 0.3 is 0 Å². The van der Waals surface area contributed by atoms with Crippen LogP contribution in [0.15, 0.2) is 0 Å². The summed E-state index contributed by atoms with van der Waals surface area (Å²) in [6, 6.07) is 0.584. The fourth-order valence-electron chi connectivity index (χ4n) is 5.56. The molecule has 150 valence electrons. The van der Waals surface area contributed by atoms with Crippen molar-refractivity contribution < 1.29 is 8.47 Å². The third-order valence-corrected chi connectivity index (χ3v) is 9.89. The second kappa shape index (κ2) is 7.17. The lowest BCUT2D eigenvalue weighted by Crippen LogP contribution is -2.73. The molecular weight excluding hydrogens is 348 g/mol. The smallest absolute Gasteiger partial charge is 0.174 e. The van der Waals surface area contributed by atoms with Crippen LogP contribution in [0.2, 0.25) is 0 Å². The molecule has 0 amide bonds. The summed E-state index contributed by atoms with van der Waals surface area (Å²) >= 11 is 0. The highest BCUT2D eigenvalue weighted by Crippen LogP contribution is 2.80. The molecule has 0 saturated carbocycles. The number of hydrogen-bond donors (Lipinski definition) is 1. The van der Waals surface area contributed by atoms with E-state index in [0.29, 0.717) is 11.5 Å². The van der Waals surface area contributed by atoms with Crippen molar-refractivity contribution in [3.63, 3.8) is 0 Å². The lowest BCUT2D eigenvalue weighted by molar-refractivity contribution is -0.243. The van der Waals surface area contributed by atoms with Crippen LogP contribution in [0.1, 0.15) is 51.9 Å². The van der Waals surface area contributed by atoms with Crippen molar-refractivity contribution in [2.24, 2.45) is 0 Å². The summed E-state index contributed by atoms with van der Waals surface area (Å²) < 4.78 is 12.8.